The van der Waals surface area contributed by atoms with Gasteiger partial charge in [-0.1, -0.05) is 22.4 Å². The number of hydrogen-bond donors (Lipinski definition) is 2. The van der Waals surface area contributed by atoms with Crippen molar-refractivity contribution < 1.29 is 13.2 Å². The molecule has 0 radical (unpaired) electrons. The third-order valence-electron chi connectivity index (χ3n) is 3.59. The number of nitrogens with two attached hydrogens (primary N) is 1. The Morgan fingerprint density at radius 2 is 2.05 bits per heavy atom. The van der Waals surface area contributed by atoms with Crippen molar-refractivity contribution in [2.45, 2.75) is 31.5 Å². The van der Waals surface area contributed by atoms with Crippen LogP contribution in [-0.2, 0) is 6.18 Å². The summed E-state index contributed by atoms with van der Waals surface area (Å²) in [5, 5.41) is 3.18. The van der Waals surface area contributed by atoms with Crippen LogP contribution < -0.4 is 11.1 Å². The SMILES string of the molecule is NCC1CCCC1Nc1ccc(Br)c(C(F)(F)F)c1. The predicted octanol–water partition coefficient (Wildman–Crippen LogP) is 4.01. The van der Waals surface area contributed by atoms with Gasteiger partial charge in [0.2, 0.25) is 0 Å². The Morgan fingerprint density at radius 3 is 2.68 bits per heavy atom. The first-order valence-electron chi connectivity index (χ1n) is 6.25. The van der Waals surface area contributed by atoms with Crippen LogP contribution in [0.1, 0.15) is 24.8 Å². The van der Waals surface area contributed by atoms with Crippen molar-refractivity contribution in [3.63, 3.8) is 0 Å². The van der Waals surface area contributed by atoms with Gasteiger partial charge in [0.05, 0.1) is 5.56 Å². The molecular weight excluding hydrogens is 321 g/mol. The third-order valence-corrected chi connectivity index (χ3v) is 4.28. The molecule has 1 saturated carbocycles. The first-order chi connectivity index (χ1) is 8.91. The highest BCUT2D eigenvalue weighted by Gasteiger charge is 2.33. The molecule has 2 atom stereocenters. The van der Waals surface area contributed by atoms with Gasteiger partial charge in [0, 0.05) is 16.2 Å². The normalized spacial score (nSPS) is 23.6. The number of alkyl halides is 3. The van der Waals surface area contributed by atoms with Gasteiger partial charge in [0.15, 0.2) is 0 Å². The molecule has 2 unspecified atom stereocenters. The summed E-state index contributed by atoms with van der Waals surface area (Å²) in [5.74, 6) is 0.345. The molecule has 1 aromatic carbocycles. The van der Waals surface area contributed by atoms with Crippen molar-refractivity contribution in [2.75, 3.05) is 11.9 Å². The van der Waals surface area contributed by atoms with Crippen LogP contribution in [0.3, 0.4) is 0 Å². The van der Waals surface area contributed by atoms with Gasteiger partial charge in [-0.3, -0.25) is 0 Å². The van der Waals surface area contributed by atoms with Gasteiger partial charge >= 0.3 is 6.18 Å². The number of benzene rings is 1. The minimum Gasteiger partial charge on any atom is -0.382 e. The van der Waals surface area contributed by atoms with Crippen molar-refractivity contribution in [3.05, 3.63) is 28.2 Å². The Hall–Kier alpha value is -0.750. The van der Waals surface area contributed by atoms with Crippen molar-refractivity contribution >= 4 is 21.6 Å². The largest absolute Gasteiger partial charge is 0.417 e. The number of hydrogen-bond acceptors (Lipinski definition) is 2. The highest BCUT2D eigenvalue weighted by atomic mass is 79.9. The molecule has 0 heterocycles. The van der Waals surface area contributed by atoms with Crippen LogP contribution in [0.4, 0.5) is 18.9 Å². The summed E-state index contributed by atoms with van der Waals surface area (Å²) in [4.78, 5) is 0. The molecule has 1 aromatic rings. The molecule has 19 heavy (non-hydrogen) atoms. The summed E-state index contributed by atoms with van der Waals surface area (Å²) in [6, 6.07) is 4.41. The Labute approximate surface area is 118 Å². The lowest BCUT2D eigenvalue weighted by Gasteiger charge is -2.21. The van der Waals surface area contributed by atoms with E-state index in [-0.39, 0.29) is 10.5 Å². The maximum absolute atomic E-state index is 12.8. The highest BCUT2D eigenvalue weighted by Crippen LogP contribution is 2.37. The minimum absolute atomic E-state index is 0.0624. The molecule has 0 bridgehead atoms. The first-order valence-corrected chi connectivity index (χ1v) is 7.04. The van der Waals surface area contributed by atoms with Gasteiger partial charge < -0.3 is 11.1 Å². The fourth-order valence-electron chi connectivity index (χ4n) is 2.56. The van der Waals surface area contributed by atoms with Gasteiger partial charge in [0.1, 0.15) is 0 Å². The molecule has 0 aromatic heterocycles. The third kappa shape index (κ3) is 3.42. The zero-order valence-corrected chi connectivity index (χ0v) is 11.9. The Balaban J connectivity index is 2.17. The summed E-state index contributed by atoms with van der Waals surface area (Å²) < 4.78 is 38.5. The number of nitrogens with one attached hydrogen (secondary N) is 1. The van der Waals surface area contributed by atoms with Crippen molar-refractivity contribution in [3.8, 4) is 0 Å². The van der Waals surface area contributed by atoms with Crippen molar-refractivity contribution in [1.82, 2.24) is 0 Å². The van der Waals surface area contributed by atoms with Gasteiger partial charge in [-0.05, 0) is 43.5 Å². The minimum atomic E-state index is -4.35. The molecule has 3 N–H and O–H groups in total. The monoisotopic (exact) mass is 336 g/mol. The maximum Gasteiger partial charge on any atom is 0.417 e. The Bertz CT molecular complexity index is 448. The summed E-state index contributed by atoms with van der Waals surface area (Å²) in [5.41, 5.74) is 5.52. The highest BCUT2D eigenvalue weighted by molar-refractivity contribution is 9.10. The fourth-order valence-corrected chi connectivity index (χ4v) is 3.03. The van der Waals surface area contributed by atoms with Crippen LogP contribution >= 0.6 is 15.9 Å². The molecule has 0 aliphatic heterocycles. The van der Waals surface area contributed by atoms with E-state index in [2.05, 4.69) is 21.2 Å². The second-order valence-electron chi connectivity index (χ2n) is 4.87. The molecule has 0 saturated heterocycles. The first kappa shape index (κ1) is 14.7. The van der Waals surface area contributed by atoms with Gasteiger partial charge in [-0.25, -0.2) is 0 Å². The lowest BCUT2D eigenvalue weighted by molar-refractivity contribution is -0.138. The summed E-state index contributed by atoms with van der Waals surface area (Å²) in [6.45, 7) is 0.570. The molecular formula is C13H16BrF3N2. The van der Waals surface area contributed by atoms with Crippen LogP contribution in [0, 0.1) is 5.92 Å². The van der Waals surface area contributed by atoms with E-state index in [0.29, 0.717) is 18.2 Å². The fraction of sp³-hybridized carbons (Fsp3) is 0.538. The molecule has 1 aliphatic rings. The average Bonchev–Trinajstić information content (AvgIpc) is 2.77. The van der Waals surface area contributed by atoms with Crippen LogP contribution in [-0.4, -0.2) is 12.6 Å². The predicted molar refractivity (Wildman–Crippen MR) is 73.0 cm³/mol. The number of anilines is 1. The lowest BCUT2D eigenvalue weighted by atomic mass is 10.0. The Kier molecular flexibility index (Phi) is 4.40. The molecule has 1 fully saturated rings. The van der Waals surface area contributed by atoms with Crippen LogP contribution in [0.2, 0.25) is 0 Å². The number of halogens is 4. The molecule has 0 spiro atoms. The van der Waals surface area contributed by atoms with E-state index in [1.165, 1.54) is 6.07 Å². The van der Waals surface area contributed by atoms with E-state index in [1.54, 1.807) is 6.07 Å². The van der Waals surface area contributed by atoms with Gasteiger partial charge in [0.25, 0.3) is 0 Å². The molecule has 0 amide bonds. The van der Waals surface area contributed by atoms with E-state index in [0.717, 1.165) is 25.3 Å². The smallest absolute Gasteiger partial charge is 0.382 e. The second kappa shape index (κ2) is 5.71. The van der Waals surface area contributed by atoms with Crippen LogP contribution in [0.5, 0.6) is 0 Å². The van der Waals surface area contributed by atoms with E-state index in [9.17, 15) is 13.2 Å². The van der Waals surface area contributed by atoms with Crippen LogP contribution in [0.25, 0.3) is 0 Å². The van der Waals surface area contributed by atoms with Crippen molar-refractivity contribution in [2.24, 2.45) is 11.7 Å². The zero-order valence-electron chi connectivity index (χ0n) is 10.3. The quantitative estimate of drug-likeness (QED) is 0.875. The summed E-state index contributed by atoms with van der Waals surface area (Å²) in [7, 11) is 0. The lowest BCUT2D eigenvalue weighted by Crippen LogP contribution is -2.29. The second-order valence-corrected chi connectivity index (χ2v) is 5.72. The van der Waals surface area contributed by atoms with Crippen LogP contribution in [0.15, 0.2) is 22.7 Å². The summed E-state index contributed by atoms with van der Waals surface area (Å²) in [6.07, 6.45) is -1.28. The average molecular weight is 337 g/mol. The van der Waals surface area contributed by atoms with E-state index in [4.69, 9.17) is 5.73 Å². The maximum atomic E-state index is 12.8. The standard InChI is InChI=1S/C13H16BrF3N2/c14-11-5-4-9(6-10(11)13(15,16)17)19-12-3-1-2-8(12)7-18/h4-6,8,12,19H,1-3,7,18H2. The summed E-state index contributed by atoms with van der Waals surface area (Å²) >= 11 is 2.94. The van der Waals surface area contributed by atoms with E-state index in [1.807, 2.05) is 0 Å². The molecule has 6 heteroatoms. The van der Waals surface area contributed by atoms with Gasteiger partial charge in [-0.2, -0.15) is 13.2 Å². The van der Waals surface area contributed by atoms with Gasteiger partial charge in [-0.15, -0.1) is 0 Å². The topological polar surface area (TPSA) is 38.0 Å². The number of rotatable bonds is 3. The van der Waals surface area contributed by atoms with Crippen molar-refractivity contribution in [1.29, 1.82) is 0 Å². The zero-order chi connectivity index (χ0) is 14.0. The molecule has 1 aliphatic carbocycles. The Morgan fingerprint density at radius 1 is 1.32 bits per heavy atom. The molecule has 2 nitrogen and oxygen atoms in total. The molecule has 2 rings (SSSR count). The van der Waals surface area contributed by atoms with E-state index >= 15 is 0 Å². The van der Waals surface area contributed by atoms with E-state index < -0.39 is 11.7 Å². The molecule has 106 valence electrons.